The maximum atomic E-state index is 12.0. The van der Waals surface area contributed by atoms with Crippen LogP contribution in [0.15, 0.2) is 0 Å². The van der Waals surface area contributed by atoms with Gasteiger partial charge in [0.15, 0.2) is 6.29 Å². The molecule has 0 spiro atoms. The van der Waals surface area contributed by atoms with Gasteiger partial charge < -0.3 is 14.6 Å². The second-order valence-electron chi connectivity index (χ2n) is 6.50. The molecule has 23 heavy (non-hydrogen) atoms. The second kappa shape index (κ2) is 9.13. The van der Waals surface area contributed by atoms with Crippen LogP contribution in [0.1, 0.15) is 64.2 Å². The molecule has 0 amide bonds. The largest absolute Gasteiger partial charge is 0.481 e. The number of aliphatic carboxylic acids is 1. The number of hydrogen-bond donors (Lipinski definition) is 1. The molecule has 1 N–H and O–H groups in total. The Morgan fingerprint density at radius 1 is 1.22 bits per heavy atom. The van der Waals surface area contributed by atoms with Gasteiger partial charge in [-0.05, 0) is 38.5 Å². The number of carboxylic acid groups (broad SMARTS) is 1. The molecule has 1 aliphatic heterocycles. The van der Waals surface area contributed by atoms with Gasteiger partial charge in [-0.25, -0.2) is 0 Å². The van der Waals surface area contributed by atoms with Crippen LogP contribution in [0.2, 0.25) is 0 Å². The maximum absolute atomic E-state index is 12.0. The summed E-state index contributed by atoms with van der Waals surface area (Å²) in [5, 5.41) is 8.55. The third-order valence-electron chi connectivity index (χ3n) is 4.48. The third-order valence-corrected chi connectivity index (χ3v) is 4.48. The molecule has 2 aliphatic rings. The zero-order valence-electron chi connectivity index (χ0n) is 13.5. The highest BCUT2D eigenvalue weighted by molar-refractivity contribution is 5.89. The predicted molar refractivity (Wildman–Crippen MR) is 81.9 cm³/mol. The van der Waals surface area contributed by atoms with Gasteiger partial charge in [-0.2, -0.15) is 0 Å². The number of rotatable bonds is 9. The molecule has 0 aromatic heterocycles. The maximum Gasteiger partial charge on any atom is 0.303 e. The Labute approximate surface area is 136 Å². The first-order valence-electron chi connectivity index (χ1n) is 8.58. The van der Waals surface area contributed by atoms with E-state index in [2.05, 4.69) is 0 Å². The molecule has 0 aromatic rings. The van der Waals surface area contributed by atoms with E-state index in [9.17, 15) is 14.4 Å². The van der Waals surface area contributed by atoms with Gasteiger partial charge in [-0.15, -0.1) is 0 Å². The average Bonchev–Trinajstić information content (AvgIpc) is 2.84. The van der Waals surface area contributed by atoms with Crippen LogP contribution in [0.25, 0.3) is 0 Å². The molecular weight excluding hydrogens is 300 g/mol. The van der Waals surface area contributed by atoms with E-state index >= 15 is 0 Å². The Balaban J connectivity index is 1.66. The van der Waals surface area contributed by atoms with Crippen molar-refractivity contribution in [3.8, 4) is 0 Å². The second-order valence-corrected chi connectivity index (χ2v) is 6.50. The van der Waals surface area contributed by atoms with Gasteiger partial charge in [0.05, 0.1) is 6.10 Å². The minimum Gasteiger partial charge on any atom is -0.481 e. The first-order valence-corrected chi connectivity index (χ1v) is 8.58. The van der Waals surface area contributed by atoms with Crippen molar-refractivity contribution in [3.63, 3.8) is 0 Å². The van der Waals surface area contributed by atoms with E-state index in [4.69, 9.17) is 14.6 Å². The molecule has 0 radical (unpaired) electrons. The normalized spacial score (nSPS) is 28.0. The molecule has 130 valence electrons. The zero-order chi connectivity index (χ0) is 16.7. The molecule has 2 fully saturated rings. The summed E-state index contributed by atoms with van der Waals surface area (Å²) in [5.74, 6) is -0.933. The lowest BCUT2D eigenvalue weighted by molar-refractivity contribution is -0.186. The summed E-state index contributed by atoms with van der Waals surface area (Å²) in [6.07, 6.45) is 5.44. The molecular formula is C17H26O6. The highest BCUT2D eigenvalue weighted by atomic mass is 16.7. The van der Waals surface area contributed by atoms with Gasteiger partial charge in [0.25, 0.3) is 0 Å². The summed E-state index contributed by atoms with van der Waals surface area (Å²) in [5.41, 5.74) is 0. The monoisotopic (exact) mass is 326 g/mol. The molecule has 2 rings (SSSR count). The van der Waals surface area contributed by atoms with Crippen LogP contribution in [0.4, 0.5) is 0 Å². The van der Waals surface area contributed by atoms with Crippen LogP contribution in [-0.4, -0.2) is 41.6 Å². The first-order chi connectivity index (χ1) is 11.0. The van der Waals surface area contributed by atoms with E-state index in [-0.39, 0.29) is 42.7 Å². The highest BCUT2D eigenvalue weighted by Crippen LogP contribution is 2.30. The summed E-state index contributed by atoms with van der Waals surface area (Å²) in [7, 11) is 0. The van der Waals surface area contributed by atoms with Crippen LogP contribution in [0, 0.1) is 5.92 Å². The molecule has 0 aromatic carbocycles. The van der Waals surface area contributed by atoms with Crippen molar-refractivity contribution >= 4 is 17.5 Å². The average molecular weight is 326 g/mol. The van der Waals surface area contributed by atoms with Crippen LogP contribution < -0.4 is 0 Å². The Morgan fingerprint density at radius 2 is 2.00 bits per heavy atom. The Morgan fingerprint density at radius 3 is 2.70 bits per heavy atom. The predicted octanol–water partition coefficient (Wildman–Crippen LogP) is 2.48. The molecule has 1 unspecified atom stereocenters. The van der Waals surface area contributed by atoms with Crippen LogP contribution in [0.5, 0.6) is 0 Å². The number of unbranched alkanes of at least 4 members (excludes halogenated alkanes) is 1. The van der Waals surface area contributed by atoms with Gasteiger partial charge >= 0.3 is 5.97 Å². The first kappa shape index (κ1) is 18.1. The van der Waals surface area contributed by atoms with Gasteiger partial charge in [0, 0.05) is 38.2 Å². The fourth-order valence-electron chi connectivity index (χ4n) is 3.23. The number of hydrogen-bond acceptors (Lipinski definition) is 5. The number of carboxylic acids is 1. The minimum atomic E-state index is -0.839. The number of carbonyl (C=O) groups is 3. The molecule has 6 nitrogen and oxygen atoms in total. The molecule has 0 bridgehead atoms. The van der Waals surface area contributed by atoms with E-state index < -0.39 is 5.97 Å². The summed E-state index contributed by atoms with van der Waals surface area (Å²) in [6, 6.07) is 0. The van der Waals surface area contributed by atoms with Crippen molar-refractivity contribution < 1.29 is 29.0 Å². The number of ether oxygens (including phenoxy) is 2. The lowest BCUT2D eigenvalue weighted by Gasteiger charge is -2.25. The van der Waals surface area contributed by atoms with E-state index in [0.29, 0.717) is 38.7 Å². The smallest absolute Gasteiger partial charge is 0.303 e. The molecule has 1 aliphatic carbocycles. The lowest BCUT2D eigenvalue weighted by atomic mass is 9.97. The fourth-order valence-corrected chi connectivity index (χ4v) is 3.23. The van der Waals surface area contributed by atoms with E-state index in [1.165, 1.54) is 0 Å². The van der Waals surface area contributed by atoms with Crippen LogP contribution >= 0.6 is 0 Å². The van der Waals surface area contributed by atoms with Crippen molar-refractivity contribution in [2.75, 3.05) is 6.61 Å². The molecule has 1 saturated heterocycles. The fraction of sp³-hybridized carbons (Fsp3) is 0.824. The summed E-state index contributed by atoms with van der Waals surface area (Å²) in [4.78, 5) is 34.4. The van der Waals surface area contributed by atoms with Crippen LogP contribution in [-0.2, 0) is 23.9 Å². The minimum absolute atomic E-state index is 0.0447. The summed E-state index contributed by atoms with van der Waals surface area (Å²) < 4.78 is 11.4. The van der Waals surface area contributed by atoms with Crippen molar-refractivity contribution in [3.05, 3.63) is 0 Å². The van der Waals surface area contributed by atoms with Crippen molar-refractivity contribution in [1.82, 2.24) is 0 Å². The van der Waals surface area contributed by atoms with E-state index in [0.717, 1.165) is 19.3 Å². The van der Waals surface area contributed by atoms with Gasteiger partial charge in [-0.3, -0.25) is 14.4 Å². The standard InChI is InChI=1S/C17H26O6/c18-13(5-1-2-6-16(20)21)9-12-10-14(11-15(12)19)23-17-7-3-4-8-22-17/h12,14,17H,1-11H2,(H,20,21)/t12-,14+,17?/m0/s1. The SMILES string of the molecule is O=C(O)CCCCC(=O)C[C@H]1C[C@@H](OC2CCCCO2)CC1=O. The van der Waals surface area contributed by atoms with Crippen molar-refractivity contribution in [2.45, 2.75) is 76.6 Å². The van der Waals surface area contributed by atoms with E-state index in [1.54, 1.807) is 0 Å². The summed E-state index contributed by atoms with van der Waals surface area (Å²) in [6.45, 7) is 0.712. The lowest BCUT2D eigenvalue weighted by Crippen LogP contribution is -2.26. The summed E-state index contributed by atoms with van der Waals surface area (Å²) >= 11 is 0. The molecule has 6 heteroatoms. The number of ketones is 2. The third kappa shape index (κ3) is 6.39. The zero-order valence-corrected chi connectivity index (χ0v) is 13.5. The highest BCUT2D eigenvalue weighted by Gasteiger charge is 2.35. The Kier molecular flexibility index (Phi) is 7.17. The molecule has 3 atom stereocenters. The Bertz CT molecular complexity index is 427. The molecule has 1 saturated carbocycles. The van der Waals surface area contributed by atoms with Crippen molar-refractivity contribution in [2.24, 2.45) is 5.92 Å². The van der Waals surface area contributed by atoms with Gasteiger partial charge in [-0.1, -0.05) is 0 Å². The van der Waals surface area contributed by atoms with Crippen LogP contribution in [0.3, 0.4) is 0 Å². The molecule has 1 heterocycles. The van der Waals surface area contributed by atoms with E-state index in [1.807, 2.05) is 0 Å². The van der Waals surface area contributed by atoms with Crippen molar-refractivity contribution in [1.29, 1.82) is 0 Å². The quantitative estimate of drug-likeness (QED) is 0.655. The van der Waals surface area contributed by atoms with Gasteiger partial charge in [0.1, 0.15) is 11.6 Å². The Hall–Kier alpha value is -1.27. The van der Waals surface area contributed by atoms with Gasteiger partial charge in [0.2, 0.25) is 0 Å². The number of Topliss-reactive ketones (excluding diaryl/α,β-unsaturated/α-hetero) is 2. The topological polar surface area (TPSA) is 89.9 Å². The number of carbonyl (C=O) groups excluding carboxylic acids is 2.